The summed E-state index contributed by atoms with van der Waals surface area (Å²) in [5.74, 6) is 0.429. The highest BCUT2D eigenvalue weighted by Gasteiger charge is 2.39. The fourth-order valence-electron chi connectivity index (χ4n) is 3.74. The van der Waals surface area contributed by atoms with Gasteiger partial charge in [-0.2, -0.15) is 0 Å². The molecule has 5 nitrogen and oxygen atoms in total. The number of hydrogen-bond acceptors (Lipinski definition) is 4. The van der Waals surface area contributed by atoms with Crippen LogP contribution in [0.5, 0.6) is 5.75 Å². The van der Waals surface area contributed by atoms with E-state index in [9.17, 15) is 9.59 Å². The minimum absolute atomic E-state index is 0.124. The van der Waals surface area contributed by atoms with Crippen molar-refractivity contribution in [2.24, 2.45) is 5.73 Å². The van der Waals surface area contributed by atoms with Gasteiger partial charge in [-0.3, -0.25) is 14.5 Å². The first-order chi connectivity index (χ1) is 12.5. The fraction of sp³-hybridized carbons (Fsp3) is 0.429. The summed E-state index contributed by atoms with van der Waals surface area (Å²) in [6.07, 6.45) is 11.1. The van der Waals surface area contributed by atoms with E-state index < -0.39 is 5.91 Å². The van der Waals surface area contributed by atoms with Gasteiger partial charge >= 0.3 is 0 Å². The molecule has 1 saturated carbocycles. The van der Waals surface area contributed by atoms with Gasteiger partial charge in [0.1, 0.15) is 12.4 Å². The van der Waals surface area contributed by atoms with Crippen LogP contribution in [0.2, 0.25) is 0 Å². The summed E-state index contributed by atoms with van der Waals surface area (Å²) in [5, 5.41) is 0. The second kappa shape index (κ2) is 7.87. The van der Waals surface area contributed by atoms with Crippen molar-refractivity contribution in [1.82, 2.24) is 4.90 Å². The van der Waals surface area contributed by atoms with Crippen molar-refractivity contribution >= 4 is 11.7 Å². The smallest absolute Gasteiger partial charge is 0.248 e. The molecule has 0 saturated heterocycles. The van der Waals surface area contributed by atoms with Crippen molar-refractivity contribution < 1.29 is 14.3 Å². The van der Waals surface area contributed by atoms with E-state index in [1.807, 2.05) is 25.3 Å². The number of primary amides is 1. The lowest BCUT2D eigenvalue weighted by molar-refractivity contribution is -0.117. The number of ether oxygens (including phenoxy) is 1. The lowest BCUT2D eigenvalue weighted by Crippen LogP contribution is -2.50. The zero-order chi connectivity index (χ0) is 18.6. The first kappa shape index (κ1) is 18.4. The van der Waals surface area contributed by atoms with Crippen LogP contribution in [0.15, 0.2) is 48.1 Å². The standard InChI is InChI=1S/C21H26N2O3/c1-23(14-19(24)16-6-2-3-7-16)21(12-4-5-13-21)15-26-18-10-8-17(9-11-18)20(22)25/h2,6-11H,3-5,12-15H2,1H3,(H2,22,25). The Balaban J connectivity index is 1.64. The summed E-state index contributed by atoms with van der Waals surface area (Å²) in [7, 11) is 2.02. The molecule has 2 aliphatic carbocycles. The van der Waals surface area contributed by atoms with Crippen LogP contribution in [0.25, 0.3) is 0 Å². The Bertz CT molecular complexity index is 728. The van der Waals surface area contributed by atoms with Crippen molar-refractivity contribution in [2.45, 2.75) is 37.6 Å². The van der Waals surface area contributed by atoms with Crippen LogP contribution in [0.1, 0.15) is 42.5 Å². The molecular weight excluding hydrogens is 328 g/mol. The predicted octanol–water partition coefficient (Wildman–Crippen LogP) is 2.86. The SMILES string of the molecule is CN(CC(=O)C1=CCC=C1)C1(COc2ccc(C(N)=O)cc2)CCCC1. The maximum atomic E-state index is 12.5. The summed E-state index contributed by atoms with van der Waals surface area (Å²) in [4.78, 5) is 25.8. The first-order valence-electron chi connectivity index (χ1n) is 9.14. The Kier molecular flexibility index (Phi) is 5.57. The van der Waals surface area contributed by atoms with E-state index in [0.29, 0.717) is 24.5 Å². The van der Waals surface area contributed by atoms with Gasteiger partial charge in [-0.25, -0.2) is 0 Å². The van der Waals surface area contributed by atoms with Gasteiger partial charge in [-0.1, -0.05) is 31.1 Å². The largest absolute Gasteiger partial charge is 0.492 e. The van der Waals surface area contributed by atoms with E-state index in [1.54, 1.807) is 24.3 Å². The molecule has 0 atom stereocenters. The number of allylic oxidation sites excluding steroid dienone is 3. The normalized spacial score (nSPS) is 18.2. The quantitative estimate of drug-likeness (QED) is 0.779. The third kappa shape index (κ3) is 4.05. The van der Waals surface area contributed by atoms with Gasteiger partial charge in [0.05, 0.1) is 12.1 Å². The van der Waals surface area contributed by atoms with E-state index >= 15 is 0 Å². The molecule has 0 spiro atoms. The van der Waals surface area contributed by atoms with Crippen LogP contribution in [-0.2, 0) is 4.79 Å². The zero-order valence-electron chi connectivity index (χ0n) is 15.2. The highest BCUT2D eigenvalue weighted by molar-refractivity contribution is 6.00. The van der Waals surface area contributed by atoms with Gasteiger partial charge in [0.15, 0.2) is 5.78 Å². The van der Waals surface area contributed by atoms with E-state index in [1.165, 1.54) is 0 Å². The van der Waals surface area contributed by atoms with Gasteiger partial charge in [0.25, 0.3) is 0 Å². The molecule has 0 radical (unpaired) electrons. The number of Topliss-reactive ketones (excluding diaryl/α,β-unsaturated/α-hetero) is 1. The molecule has 1 amide bonds. The zero-order valence-corrected chi connectivity index (χ0v) is 15.2. The lowest BCUT2D eigenvalue weighted by atomic mass is 9.95. The van der Waals surface area contributed by atoms with Gasteiger partial charge in [0.2, 0.25) is 5.91 Å². The summed E-state index contributed by atoms with van der Waals surface area (Å²) < 4.78 is 6.02. The molecule has 2 aliphatic rings. The van der Waals surface area contributed by atoms with Gasteiger partial charge < -0.3 is 10.5 Å². The number of benzene rings is 1. The fourth-order valence-corrected chi connectivity index (χ4v) is 3.74. The minimum atomic E-state index is -0.447. The number of carbonyl (C=O) groups excluding carboxylic acids is 2. The molecule has 0 bridgehead atoms. The van der Waals surface area contributed by atoms with E-state index in [0.717, 1.165) is 37.7 Å². The van der Waals surface area contributed by atoms with Crippen LogP contribution >= 0.6 is 0 Å². The van der Waals surface area contributed by atoms with E-state index in [4.69, 9.17) is 10.5 Å². The molecule has 0 aliphatic heterocycles. The molecule has 0 heterocycles. The Morgan fingerprint density at radius 2 is 1.88 bits per heavy atom. The number of carbonyl (C=O) groups is 2. The second-order valence-electron chi connectivity index (χ2n) is 7.19. The minimum Gasteiger partial charge on any atom is -0.492 e. The van der Waals surface area contributed by atoms with Gasteiger partial charge in [-0.05, 0) is 50.6 Å². The van der Waals surface area contributed by atoms with Crippen molar-refractivity contribution in [3.63, 3.8) is 0 Å². The molecule has 2 N–H and O–H groups in total. The third-order valence-corrected chi connectivity index (χ3v) is 5.46. The van der Waals surface area contributed by atoms with Crippen LogP contribution < -0.4 is 10.5 Å². The monoisotopic (exact) mass is 354 g/mol. The summed E-state index contributed by atoms with van der Waals surface area (Å²) in [6, 6.07) is 6.88. The van der Waals surface area contributed by atoms with Crippen molar-refractivity contribution in [1.29, 1.82) is 0 Å². The molecule has 0 unspecified atom stereocenters. The van der Waals surface area contributed by atoms with Crippen molar-refractivity contribution in [2.75, 3.05) is 20.2 Å². The van der Waals surface area contributed by atoms with Crippen LogP contribution in [-0.4, -0.2) is 42.3 Å². The number of likely N-dealkylation sites (N-methyl/N-ethyl adjacent to an activating group) is 1. The first-order valence-corrected chi connectivity index (χ1v) is 9.14. The average molecular weight is 354 g/mol. The maximum absolute atomic E-state index is 12.5. The topological polar surface area (TPSA) is 72.6 Å². The molecule has 138 valence electrons. The highest BCUT2D eigenvalue weighted by Crippen LogP contribution is 2.35. The highest BCUT2D eigenvalue weighted by atomic mass is 16.5. The van der Waals surface area contributed by atoms with E-state index in [2.05, 4.69) is 4.90 Å². The van der Waals surface area contributed by atoms with Gasteiger partial charge in [0, 0.05) is 11.1 Å². The molecule has 5 heteroatoms. The summed E-state index contributed by atoms with van der Waals surface area (Å²) in [5.41, 5.74) is 6.42. The Hall–Kier alpha value is -2.40. The molecule has 3 rings (SSSR count). The number of nitrogens with zero attached hydrogens (tertiary/aromatic N) is 1. The molecule has 26 heavy (non-hydrogen) atoms. The maximum Gasteiger partial charge on any atom is 0.248 e. The number of rotatable bonds is 8. The van der Waals surface area contributed by atoms with Crippen molar-refractivity contribution in [3.05, 3.63) is 53.6 Å². The second-order valence-corrected chi connectivity index (χ2v) is 7.19. The predicted molar refractivity (Wildman–Crippen MR) is 101 cm³/mol. The molecular formula is C21H26N2O3. The van der Waals surface area contributed by atoms with Crippen LogP contribution in [0.4, 0.5) is 0 Å². The Morgan fingerprint density at radius 3 is 2.46 bits per heavy atom. The average Bonchev–Trinajstić information content (AvgIpc) is 3.33. The lowest BCUT2D eigenvalue weighted by Gasteiger charge is -2.38. The van der Waals surface area contributed by atoms with E-state index in [-0.39, 0.29) is 11.3 Å². The number of ketones is 1. The number of amides is 1. The molecule has 1 aromatic rings. The summed E-state index contributed by atoms with van der Waals surface area (Å²) >= 11 is 0. The molecule has 1 aromatic carbocycles. The molecule has 1 fully saturated rings. The number of nitrogens with two attached hydrogens (primary N) is 1. The third-order valence-electron chi connectivity index (χ3n) is 5.46. The Labute approximate surface area is 154 Å². The molecule has 0 aromatic heterocycles. The van der Waals surface area contributed by atoms with Gasteiger partial charge in [-0.15, -0.1) is 0 Å². The van der Waals surface area contributed by atoms with Crippen molar-refractivity contribution in [3.8, 4) is 5.75 Å². The van der Waals surface area contributed by atoms with Crippen LogP contribution in [0.3, 0.4) is 0 Å². The number of hydrogen-bond donors (Lipinski definition) is 1. The summed E-state index contributed by atoms with van der Waals surface area (Å²) in [6.45, 7) is 0.932. The van der Waals surface area contributed by atoms with Crippen LogP contribution in [0, 0.1) is 0 Å². The Morgan fingerprint density at radius 1 is 1.19 bits per heavy atom.